The Morgan fingerprint density at radius 2 is 1.92 bits per heavy atom. The van der Waals surface area contributed by atoms with E-state index >= 15 is 0 Å². The summed E-state index contributed by atoms with van der Waals surface area (Å²) in [6.45, 7) is 8.83. The van der Waals surface area contributed by atoms with Crippen molar-refractivity contribution in [3.05, 3.63) is 28.8 Å². The minimum atomic E-state index is -0.539. The zero-order chi connectivity index (χ0) is 17.7. The number of aliphatic hydroxyl groups is 1. The first kappa shape index (κ1) is 17.7. The number of carbonyl (C=O) groups excluding carboxylic acids is 1. The summed E-state index contributed by atoms with van der Waals surface area (Å²) in [7, 11) is -0.539. The van der Waals surface area contributed by atoms with Gasteiger partial charge in [-0.15, -0.1) is 0 Å². The third-order valence-corrected chi connectivity index (χ3v) is 5.53. The van der Waals surface area contributed by atoms with Crippen LogP contribution in [0.5, 0.6) is 0 Å². The maximum atomic E-state index is 12.7. The normalized spacial score (nSPS) is 25.3. The lowest BCUT2D eigenvalue weighted by Crippen LogP contribution is -2.41. The quantitative estimate of drug-likeness (QED) is 0.826. The van der Waals surface area contributed by atoms with Crippen molar-refractivity contribution in [2.24, 2.45) is 0 Å². The average Bonchev–Trinajstić information content (AvgIpc) is 3.00. The number of hydrogen-bond acceptors (Lipinski definition) is 4. The van der Waals surface area contributed by atoms with Crippen molar-refractivity contribution in [1.29, 1.82) is 0 Å². The van der Waals surface area contributed by atoms with Gasteiger partial charge in [-0.05, 0) is 51.7 Å². The van der Waals surface area contributed by atoms with Gasteiger partial charge in [0.05, 0.1) is 27.9 Å². The third-order valence-electron chi connectivity index (χ3n) is 5.20. The number of nitrogens with zero attached hydrogens (tertiary/aromatic N) is 1. The Hall–Kier alpha value is -1.08. The van der Waals surface area contributed by atoms with Crippen LogP contribution < -0.4 is 5.46 Å². The molecule has 2 fully saturated rings. The molecule has 2 aliphatic rings. The molecule has 7 heteroatoms. The van der Waals surface area contributed by atoms with Crippen molar-refractivity contribution in [2.75, 3.05) is 13.1 Å². The SMILES string of the molecule is CC1(C)OB(c2ccc(Cl)c(C(=O)N3CCC(O)C3)c2)OC1(C)C. The van der Waals surface area contributed by atoms with Crippen molar-refractivity contribution in [2.45, 2.75) is 51.4 Å². The van der Waals surface area contributed by atoms with Gasteiger partial charge >= 0.3 is 7.12 Å². The maximum absolute atomic E-state index is 12.7. The molecule has 1 aromatic carbocycles. The number of likely N-dealkylation sites (tertiary alicyclic amines) is 1. The van der Waals surface area contributed by atoms with Gasteiger partial charge in [0.2, 0.25) is 0 Å². The fourth-order valence-electron chi connectivity index (χ4n) is 2.93. The number of carbonyl (C=O) groups is 1. The zero-order valence-electron chi connectivity index (χ0n) is 14.5. The molecule has 1 amide bonds. The number of hydrogen-bond donors (Lipinski definition) is 1. The van der Waals surface area contributed by atoms with E-state index in [-0.39, 0.29) is 5.91 Å². The van der Waals surface area contributed by atoms with E-state index in [1.165, 1.54) is 0 Å². The van der Waals surface area contributed by atoms with Gasteiger partial charge in [-0.1, -0.05) is 17.7 Å². The average molecular weight is 352 g/mol. The summed E-state index contributed by atoms with van der Waals surface area (Å²) in [5.74, 6) is -0.171. The molecule has 0 bridgehead atoms. The van der Waals surface area contributed by atoms with E-state index in [9.17, 15) is 9.90 Å². The first-order valence-electron chi connectivity index (χ1n) is 8.23. The molecule has 0 radical (unpaired) electrons. The number of benzene rings is 1. The van der Waals surface area contributed by atoms with Crippen molar-refractivity contribution in [3.8, 4) is 0 Å². The Morgan fingerprint density at radius 3 is 2.46 bits per heavy atom. The predicted molar refractivity (Wildman–Crippen MR) is 93.7 cm³/mol. The fourth-order valence-corrected chi connectivity index (χ4v) is 3.13. The van der Waals surface area contributed by atoms with Crippen molar-refractivity contribution in [3.63, 3.8) is 0 Å². The van der Waals surface area contributed by atoms with Crippen LogP contribution in [-0.4, -0.2) is 53.4 Å². The monoisotopic (exact) mass is 351 g/mol. The van der Waals surface area contributed by atoms with E-state index in [2.05, 4.69) is 0 Å². The first-order chi connectivity index (χ1) is 11.1. The first-order valence-corrected chi connectivity index (χ1v) is 8.61. The highest BCUT2D eigenvalue weighted by Gasteiger charge is 2.51. The summed E-state index contributed by atoms with van der Waals surface area (Å²) in [5, 5.41) is 10.0. The van der Waals surface area contributed by atoms with Gasteiger partial charge in [-0.25, -0.2) is 0 Å². The molecule has 0 aromatic heterocycles. The van der Waals surface area contributed by atoms with E-state index in [1.807, 2.05) is 33.8 Å². The van der Waals surface area contributed by atoms with Gasteiger partial charge in [0.15, 0.2) is 0 Å². The smallest absolute Gasteiger partial charge is 0.399 e. The topological polar surface area (TPSA) is 59.0 Å². The summed E-state index contributed by atoms with van der Waals surface area (Å²) in [6, 6.07) is 5.25. The Balaban J connectivity index is 1.86. The molecular weight excluding hydrogens is 328 g/mol. The van der Waals surface area contributed by atoms with Crippen LogP contribution in [0, 0.1) is 0 Å². The highest BCUT2D eigenvalue weighted by molar-refractivity contribution is 6.62. The fraction of sp³-hybridized carbons (Fsp3) is 0.588. The molecule has 24 heavy (non-hydrogen) atoms. The van der Waals surface area contributed by atoms with Gasteiger partial charge < -0.3 is 19.3 Å². The van der Waals surface area contributed by atoms with Crippen LogP contribution in [-0.2, 0) is 9.31 Å². The molecule has 2 saturated heterocycles. The van der Waals surface area contributed by atoms with Gasteiger partial charge in [0.25, 0.3) is 5.91 Å². The summed E-state index contributed by atoms with van der Waals surface area (Å²) in [6.07, 6.45) is 0.138. The minimum absolute atomic E-state index is 0.171. The molecule has 1 N–H and O–H groups in total. The lowest BCUT2D eigenvalue weighted by molar-refractivity contribution is 0.00578. The van der Waals surface area contributed by atoms with Crippen LogP contribution in [0.4, 0.5) is 0 Å². The lowest BCUT2D eigenvalue weighted by Gasteiger charge is -2.32. The Morgan fingerprint density at radius 1 is 1.29 bits per heavy atom. The predicted octanol–water partition coefficient (Wildman–Crippen LogP) is 1.85. The molecule has 2 heterocycles. The van der Waals surface area contributed by atoms with E-state index in [0.717, 1.165) is 5.46 Å². The molecule has 130 valence electrons. The summed E-state index contributed by atoms with van der Waals surface area (Å²) in [4.78, 5) is 14.3. The van der Waals surface area contributed by atoms with Crippen LogP contribution in [0.1, 0.15) is 44.5 Å². The largest absolute Gasteiger partial charge is 0.494 e. The maximum Gasteiger partial charge on any atom is 0.494 e. The Kier molecular flexibility index (Phi) is 4.45. The van der Waals surface area contributed by atoms with Crippen LogP contribution >= 0.6 is 11.6 Å². The summed E-state index contributed by atoms with van der Waals surface area (Å²) in [5.41, 5.74) is 0.292. The number of halogens is 1. The van der Waals surface area contributed by atoms with Crippen molar-refractivity contribution < 1.29 is 19.2 Å². The summed E-state index contributed by atoms with van der Waals surface area (Å²) >= 11 is 6.23. The second-order valence-electron chi connectivity index (χ2n) is 7.52. The van der Waals surface area contributed by atoms with Crippen molar-refractivity contribution in [1.82, 2.24) is 4.90 Å². The zero-order valence-corrected chi connectivity index (χ0v) is 15.3. The molecule has 5 nitrogen and oxygen atoms in total. The molecular formula is C17H23BClNO4. The number of rotatable bonds is 2. The lowest BCUT2D eigenvalue weighted by atomic mass is 9.78. The molecule has 0 aliphatic carbocycles. The van der Waals surface area contributed by atoms with Gasteiger partial charge in [-0.3, -0.25) is 4.79 Å². The molecule has 1 atom stereocenters. The number of β-amino-alcohol motifs (C(OH)–C–C–N with tert-alkyl or cyclic N) is 1. The molecule has 1 aromatic rings. The van der Waals surface area contributed by atoms with Gasteiger partial charge in [0.1, 0.15) is 0 Å². The standard InChI is InChI=1S/C17H23BClNO4/c1-16(2)17(3,4)24-18(23-16)11-5-6-14(19)13(9-11)15(22)20-8-7-12(21)10-20/h5-6,9,12,21H,7-8,10H2,1-4H3. The Labute approximate surface area is 148 Å². The van der Waals surface area contributed by atoms with E-state index in [0.29, 0.717) is 30.1 Å². The van der Waals surface area contributed by atoms with Crippen LogP contribution in [0.15, 0.2) is 18.2 Å². The highest BCUT2D eigenvalue weighted by atomic mass is 35.5. The molecule has 0 saturated carbocycles. The highest BCUT2D eigenvalue weighted by Crippen LogP contribution is 2.36. The van der Waals surface area contributed by atoms with Gasteiger partial charge in [0, 0.05) is 13.1 Å². The number of amides is 1. The molecule has 1 unspecified atom stereocenters. The Bertz CT molecular complexity index is 648. The van der Waals surface area contributed by atoms with Crippen LogP contribution in [0.3, 0.4) is 0 Å². The second kappa shape index (κ2) is 6.02. The number of aliphatic hydroxyl groups excluding tert-OH is 1. The van der Waals surface area contributed by atoms with E-state index in [1.54, 1.807) is 17.0 Å². The molecule has 3 rings (SSSR count). The van der Waals surface area contributed by atoms with Crippen LogP contribution in [0.25, 0.3) is 0 Å². The molecule has 2 aliphatic heterocycles. The second-order valence-corrected chi connectivity index (χ2v) is 7.93. The molecule has 0 spiro atoms. The van der Waals surface area contributed by atoms with Crippen molar-refractivity contribution >= 4 is 30.1 Å². The minimum Gasteiger partial charge on any atom is -0.399 e. The third kappa shape index (κ3) is 3.08. The van der Waals surface area contributed by atoms with Gasteiger partial charge in [-0.2, -0.15) is 0 Å². The van der Waals surface area contributed by atoms with E-state index in [4.69, 9.17) is 20.9 Å². The van der Waals surface area contributed by atoms with Crippen LogP contribution in [0.2, 0.25) is 5.02 Å². The van der Waals surface area contributed by atoms with E-state index < -0.39 is 24.4 Å². The summed E-state index contributed by atoms with van der Waals surface area (Å²) < 4.78 is 12.1.